The van der Waals surface area contributed by atoms with Crippen LogP contribution in [0, 0.1) is 5.21 Å². The lowest BCUT2D eigenvalue weighted by Crippen LogP contribution is -2.29. The van der Waals surface area contributed by atoms with Crippen molar-refractivity contribution in [3.8, 4) is 0 Å². The van der Waals surface area contributed by atoms with E-state index in [-0.39, 0.29) is 16.4 Å². The van der Waals surface area contributed by atoms with Crippen LogP contribution in [0.2, 0.25) is 0 Å². The largest absolute Gasteiger partial charge is 0.618 e. The summed E-state index contributed by atoms with van der Waals surface area (Å²) in [5.74, 6) is 0.0107. The summed E-state index contributed by atoms with van der Waals surface area (Å²) >= 11 is 1.28. The molecule has 0 saturated heterocycles. The van der Waals surface area contributed by atoms with Crippen LogP contribution >= 0.6 is 11.8 Å². The molecule has 1 atom stereocenters. The maximum atomic E-state index is 12.8. The Balaban J connectivity index is 1.85. The van der Waals surface area contributed by atoms with Crippen molar-refractivity contribution < 1.29 is 9.52 Å². The standard InChI is InChI=1S/C20H22N2O2S/c1-14(25-19-11-7-8-12-22(19)24)17(23)13-18-20(2,3)15-9-5-6-10-16(15)21(18)4/h5-14H,1-4H3/b18-13-/t14-/m1/s1. The number of carbonyl (C=O) groups excluding carboxylic acids is 1. The summed E-state index contributed by atoms with van der Waals surface area (Å²) in [5.41, 5.74) is 3.11. The first-order valence-electron chi connectivity index (χ1n) is 8.26. The summed E-state index contributed by atoms with van der Waals surface area (Å²) in [6.07, 6.45) is 3.18. The second kappa shape index (κ2) is 6.56. The summed E-state index contributed by atoms with van der Waals surface area (Å²) in [4.78, 5) is 14.8. The van der Waals surface area contributed by atoms with Crippen LogP contribution in [0.3, 0.4) is 0 Å². The molecule has 0 fully saturated rings. The molecule has 0 aliphatic carbocycles. The molecule has 1 aliphatic rings. The van der Waals surface area contributed by atoms with Gasteiger partial charge in [0.05, 0.1) is 5.25 Å². The zero-order valence-electron chi connectivity index (χ0n) is 14.9. The van der Waals surface area contributed by atoms with Crippen molar-refractivity contribution in [3.63, 3.8) is 0 Å². The Labute approximate surface area is 152 Å². The summed E-state index contributed by atoms with van der Waals surface area (Å²) in [6, 6.07) is 13.4. The van der Waals surface area contributed by atoms with Crippen LogP contribution in [0.15, 0.2) is 65.5 Å². The lowest BCUT2D eigenvalue weighted by Gasteiger charge is -2.24. The number of thioether (sulfide) groups is 1. The van der Waals surface area contributed by atoms with Crippen LogP contribution in [0.1, 0.15) is 26.3 Å². The molecule has 0 saturated carbocycles. The summed E-state index contributed by atoms with van der Waals surface area (Å²) in [5, 5.41) is 12.0. The Morgan fingerprint density at radius 3 is 2.60 bits per heavy atom. The normalized spacial score (nSPS) is 18.2. The van der Waals surface area contributed by atoms with Crippen molar-refractivity contribution in [1.82, 2.24) is 0 Å². The van der Waals surface area contributed by atoms with Crippen molar-refractivity contribution >= 4 is 23.2 Å². The number of aromatic nitrogens is 1. The Bertz CT molecular complexity index is 845. The number of hydrogen-bond donors (Lipinski definition) is 0. The van der Waals surface area contributed by atoms with Crippen LogP contribution in [0.4, 0.5) is 5.69 Å². The SMILES string of the molecule is C[C@@H](Sc1cccc[n+]1[O-])C(=O)/C=C1\N(C)c2ccccc2C1(C)C. The van der Waals surface area contributed by atoms with E-state index >= 15 is 0 Å². The monoisotopic (exact) mass is 354 g/mol. The third kappa shape index (κ3) is 3.16. The molecule has 2 aromatic rings. The Hall–Kier alpha value is -2.27. The molecule has 0 amide bonds. The summed E-state index contributed by atoms with van der Waals surface area (Å²) < 4.78 is 0.795. The molecular formula is C20H22N2O2S. The lowest BCUT2D eigenvalue weighted by molar-refractivity contribution is -0.645. The number of ketones is 1. The van der Waals surface area contributed by atoms with E-state index in [4.69, 9.17) is 0 Å². The first kappa shape index (κ1) is 17.5. The minimum absolute atomic E-state index is 0.0107. The molecule has 25 heavy (non-hydrogen) atoms. The fraction of sp³-hybridized carbons (Fsp3) is 0.300. The van der Waals surface area contributed by atoms with Crippen LogP contribution in [-0.2, 0) is 10.2 Å². The fourth-order valence-electron chi connectivity index (χ4n) is 3.25. The molecule has 0 spiro atoms. The predicted octanol–water partition coefficient (Wildman–Crippen LogP) is 3.68. The molecule has 1 aromatic carbocycles. The van der Waals surface area contributed by atoms with Crippen LogP contribution < -0.4 is 9.63 Å². The molecule has 0 radical (unpaired) electrons. The van der Waals surface area contributed by atoms with Gasteiger partial charge in [-0.25, -0.2) is 0 Å². The Morgan fingerprint density at radius 1 is 1.24 bits per heavy atom. The average molecular weight is 354 g/mol. The van der Waals surface area contributed by atoms with Gasteiger partial charge in [-0.05, 0) is 36.4 Å². The highest BCUT2D eigenvalue weighted by atomic mass is 32.2. The number of pyridine rings is 1. The van der Waals surface area contributed by atoms with Crippen LogP contribution in [-0.4, -0.2) is 18.1 Å². The molecule has 130 valence electrons. The number of nitrogens with zero attached hydrogens (tertiary/aromatic N) is 2. The smallest absolute Gasteiger partial charge is 0.252 e. The van der Waals surface area contributed by atoms with Gasteiger partial charge >= 0.3 is 0 Å². The van der Waals surface area contributed by atoms with E-state index in [1.54, 1.807) is 24.3 Å². The molecule has 3 rings (SSSR count). The first-order chi connectivity index (χ1) is 11.8. The lowest BCUT2D eigenvalue weighted by atomic mass is 9.83. The highest BCUT2D eigenvalue weighted by Gasteiger charge is 2.38. The summed E-state index contributed by atoms with van der Waals surface area (Å²) in [7, 11) is 1.99. The van der Waals surface area contributed by atoms with Crippen molar-refractivity contribution in [3.05, 3.63) is 71.2 Å². The van der Waals surface area contributed by atoms with Crippen molar-refractivity contribution in [2.24, 2.45) is 0 Å². The number of benzene rings is 1. The van der Waals surface area contributed by atoms with Gasteiger partial charge in [-0.1, -0.05) is 32.0 Å². The maximum absolute atomic E-state index is 12.8. The molecule has 0 unspecified atom stereocenters. The van der Waals surface area contributed by atoms with E-state index in [0.717, 1.165) is 16.1 Å². The second-order valence-corrected chi connectivity index (χ2v) is 8.12. The van der Waals surface area contributed by atoms with Gasteiger partial charge in [-0.2, -0.15) is 4.73 Å². The zero-order valence-corrected chi connectivity index (χ0v) is 15.7. The van der Waals surface area contributed by atoms with Gasteiger partial charge in [-0.15, -0.1) is 0 Å². The molecule has 0 bridgehead atoms. The molecule has 1 aliphatic heterocycles. The minimum Gasteiger partial charge on any atom is -0.618 e. The van der Waals surface area contributed by atoms with E-state index < -0.39 is 0 Å². The first-order valence-corrected chi connectivity index (χ1v) is 9.14. The minimum atomic E-state index is -0.331. The number of fused-ring (bicyclic) bond motifs is 1. The van der Waals surface area contributed by atoms with E-state index in [0.29, 0.717) is 5.03 Å². The van der Waals surface area contributed by atoms with E-state index in [1.807, 2.05) is 26.1 Å². The number of carbonyl (C=O) groups is 1. The third-order valence-electron chi connectivity index (χ3n) is 4.71. The number of hydrogen-bond acceptors (Lipinski definition) is 4. The van der Waals surface area contributed by atoms with Gasteiger partial charge in [0.25, 0.3) is 5.03 Å². The van der Waals surface area contributed by atoms with Gasteiger partial charge in [-0.3, -0.25) is 4.79 Å². The van der Waals surface area contributed by atoms with Crippen molar-refractivity contribution in [2.45, 2.75) is 36.5 Å². The van der Waals surface area contributed by atoms with Crippen LogP contribution in [0.5, 0.6) is 0 Å². The number of para-hydroxylation sites is 1. The number of likely N-dealkylation sites (N-methyl/N-ethyl adjacent to an activating group) is 1. The van der Waals surface area contributed by atoms with Gasteiger partial charge in [0.1, 0.15) is 0 Å². The van der Waals surface area contributed by atoms with E-state index in [1.165, 1.54) is 23.5 Å². The van der Waals surface area contributed by atoms with Crippen molar-refractivity contribution in [1.29, 1.82) is 0 Å². The Morgan fingerprint density at radius 2 is 1.92 bits per heavy atom. The van der Waals surface area contributed by atoms with E-state index in [9.17, 15) is 10.0 Å². The predicted molar refractivity (Wildman–Crippen MR) is 102 cm³/mol. The van der Waals surface area contributed by atoms with Gasteiger partial charge in [0.15, 0.2) is 12.0 Å². The second-order valence-electron chi connectivity index (χ2n) is 6.76. The van der Waals surface area contributed by atoms with Crippen LogP contribution in [0.25, 0.3) is 0 Å². The van der Waals surface area contributed by atoms with Gasteiger partial charge in [0.2, 0.25) is 0 Å². The highest BCUT2D eigenvalue weighted by Crippen LogP contribution is 2.46. The molecule has 1 aromatic heterocycles. The zero-order chi connectivity index (χ0) is 18.2. The molecular weight excluding hydrogens is 332 g/mol. The third-order valence-corrected chi connectivity index (χ3v) is 5.85. The molecule has 4 nitrogen and oxygen atoms in total. The topological polar surface area (TPSA) is 47.2 Å². The molecule has 0 N–H and O–H groups in total. The average Bonchev–Trinajstić information content (AvgIpc) is 2.78. The number of allylic oxidation sites excluding steroid dienone is 2. The molecule has 5 heteroatoms. The van der Waals surface area contributed by atoms with Crippen molar-refractivity contribution in [2.75, 3.05) is 11.9 Å². The van der Waals surface area contributed by atoms with E-state index in [2.05, 4.69) is 30.9 Å². The maximum Gasteiger partial charge on any atom is 0.252 e. The molecule has 2 heterocycles. The summed E-state index contributed by atoms with van der Waals surface area (Å²) in [6.45, 7) is 6.11. The highest BCUT2D eigenvalue weighted by molar-refractivity contribution is 8.00. The van der Waals surface area contributed by atoms with Gasteiger partial charge < -0.3 is 10.1 Å². The Kier molecular flexibility index (Phi) is 4.60. The number of anilines is 1. The number of rotatable bonds is 4. The quantitative estimate of drug-likeness (QED) is 0.364. The van der Waals surface area contributed by atoms with Gasteiger partial charge in [0, 0.05) is 42.1 Å². The fourth-order valence-corrected chi connectivity index (χ4v) is 4.12.